The van der Waals surface area contributed by atoms with Crippen LogP contribution in [0.4, 0.5) is 0 Å². The van der Waals surface area contributed by atoms with Gasteiger partial charge >= 0.3 is 0 Å². The molecule has 0 aliphatic carbocycles. The van der Waals surface area contributed by atoms with Crippen LogP contribution in [0.15, 0.2) is 66.3 Å². The number of fused-ring (bicyclic) bond motifs is 1. The highest BCUT2D eigenvalue weighted by molar-refractivity contribution is 7.99. The summed E-state index contributed by atoms with van der Waals surface area (Å²) in [6.45, 7) is 3.89. The molecule has 0 aliphatic rings. The first-order valence-electron chi connectivity index (χ1n) is 7.09. The van der Waals surface area contributed by atoms with Crippen molar-refractivity contribution in [3.05, 3.63) is 66.7 Å². The number of carbonyl (C=O) groups excluding carboxylic acids is 1. The minimum Gasteiger partial charge on any atom is -0.333 e. The summed E-state index contributed by atoms with van der Waals surface area (Å²) in [5.41, 5.74) is 8.89. The summed E-state index contributed by atoms with van der Waals surface area (Å²) < 4.78 is 0. The van der Waals surface area contributed by atoms with Crippen molar-refractivity contribution in [2.75, 3.05) is 5.75 Å². The number of nitrogens with one attached hydrogen (secondary N) is 3. The number of rotatable bonds is 6. The highest BCUT2D eigenvalue weighted by atomic mass is 32.2. The Hall–Kier alpha value is -2.73. The summed E-state index contributed by atoms with van der Waals surface area (Å²) in [6.07, 6.45) is 0. The van der Waals surface area contributed by atoms with Crippen molar-refractivity contribution in [2.45, 2.75) is 5.16 Å². The third kappa shape index (κ3) is 3.92. The molecule has 0 unspecified atom stereocenters. The molecule has 0 radical (unpaired) electrons. The maximum Gasteiger partial charge on any atom is 0.248 e. The lowest BCUT2D eigenvalue weighted by Crippen LogP contribution is -2.37. The van der Waals surface area contributed by atoms with E-state index in [-0.39, 0.29) is 11.7 Å². The van der Waals surface area contributed by atoms with Gasteiger partial charge in [0, 0.05) is 0 Å². The molecule has 116 valence electrons. The fraction of sp³-hybridized carbons (Fsp3) is 0.0588. The number of aromatic amines is 1. The second-order valence-corrected chi connectivity index (χ2v) is 5.83. The first-order valence-corrected chi connectivity index (χ1v) is 8.07. The Morgan fingerprint density at radius 1 is 1.09 bits per heavy atom. The molecule has 0 spiro atoms. The molecule has 0 atom stereocenters. The second-order valence-electron chi connectivity index (χ2n) is 4.87. The quantitative estimate of drug-likeness (QED) is 0.482. The van der Waals surface area contributed by atoms with Crippen molar-refractivity contribution in [1.29, 1.82) is 0 Å². The van der Waals surface area contributed by atoms with Crippen LogP contribution in [-0.2, 0) is 4.79 Å². The van der Waals surface area contributed by atoms with Gasteiger partial charge in [-0.3, -0.25) is 15.6 Å². The number of nitrogens with zero attached hydrogens (tertiary/aromatic N) is 1. The number of amides is 1. The van der Waals surface area contributed by atoms with E-state index in [0.29, 0.717) is 5.70 Å². The van der Waals surface area contributed by atoms with Crippen LogP contribution in [0.2, 0.25) is 0 Å². The van der Waals surface area contributed by atoms with Crippen LogP contribution in [0.1, 0.15) is 5.56 Å². The minimum atomic E-state index is -0.146. The van der Waals surface area contributed by atoms with Gasteiger partial charge in [-0.15, -0.1) is 0 Å². The summed E-state index contributed by atoms with van der Waals surface area (Å²) in [5.74, 6) is 0.113. The van der Waals surface area contributed by atoms with Crippen molar-refractivity contribution in [1.82, 2.24) is 20.8 Å². The zero-order valence-electron chi connectivity index (χ0n) is 12.4. The van der Waals surface area contributed by atoms with Crippen molar-refractivity contribution in [3.8, 4) is 0 Å². The zero-order chi connectivity index (χ0) is 16.1. The molecular formula is C17H16N4OS. The summed E-state index contributed by atoms with van der Waals surface area (Å²) in [5, 5.41) is 0.725. The van der Waals surface area contributed by atoms with Crippen molar-refractivity contribution in [3.63, 3.8) is 0 Å². The molecule has 6 heteroatoms. The number of hydrazine groups is 1. The van der Waals surface area contributed by atoms with Crippen molar-refractivity contribution in [2.24, 2.45) is 0 Å². The maximum atomic E-state index is 11.9. The average Bonchev–Trinajstić information content (AvgIpc) is 3.01. The van der Waals surface area contributed by atoms with Gasteiger partial charge in [-0.1, -0.05) is 60.8 Å². The van der Waals surface area contributed by atoms with Crippen LogP contribution < -0.4 is 10.9 Å². The van der Waals surface area contributed by atoms with Crippen LogP contribution in [0.3, 0.4) is 0 Å². The predicted molar refractivity (Wildman–Crippen MR) is 93.6 cm³/mol. The minimum absolute atomic E-state index is 0.146. The normalized spacial score (nSPS) is 10.4. The highest BCUT2D eigenvalue weighted by Gasteiger charge is 2.07. The lowest BCUT2D eigenvalue weighted by molar-refractivity contribution is -0.119. The molecule has 0 aliphatic heterocycles. The Balaban J connectivity index is 1.49. The molecule has 5 nitrogen and oxygen atoms in total. The molecule has 1 amide bonds. The number of thioether (sulfide) groups is 1. The van der Waals surface area contributed by atoms with E-state index in [1.54, 1.807) is 0 Å². The molecule has 2 aromatic carbocycles. The third-order valence-corrected chi connectivity index (χ3v) is 4.06. The van der Waals surface area contributed by atoms with Gasteiger partial charge < -0.3 is 4.98 Å². The van der Waals surface area contributed by atoms with Gasteiger partial charge in [-0.2, -0.15) is 0 Å². The molecule has 3 aromatic rings. The van der Waals surface area contributed by atoms with E-state index < -0.39 is 0 Å². The molecule has 0 fully saturated rings. The van der Waals surface area contributed by atoms with E-state index >= 15 is 0 Å². The number of benzene rings is 2. The molecule has 1 aromatic heterocycles. The lowest BCUT2D eigenvalue weighted by atomic mass is 10.2. The van der Waals surface area contributed by atoms with E-state index in [1.807, 2.05) is 54.6 Å². The van der Waals surface area contributed by atoms with Gasteiger partial charge in [0.15, 0.2) is 5.16 Å². The Morgan fingerprint density at radius 2 is 1.83 bits per heavy atom. The first-order chi connectivity index (χ1) is 11.2. The number of hydrogen-bond donors (Lipinski definition) is 3. The summed E-state index contributed by atoms with van der Waals surface area (Å²) >= 11 is 1.35. The average molecular weight is 324 g/mol. The maximum absolute atomic E-state index is 11.9. The first kappa shape index (κ1) is 15.2. The Labute approximate surface area is 138 Å². The summed E-state index contributed by atoms with van der Waals surface area (Å²) in [4.78, 5) is 19.5. The zero-order valence-corrected chi connectivity index (χ0v) is 13.2. The van der Waals surface area contributed by atoms with E-state index in [9.17, 15) is 4.79 Å². The summed E-state index contributed by atoms with van der Waals surface area (Å²) in [6, 6.07) is 17.4. The molecule has 0 saturated heterocycles. The summed E-state index contributed by atoms with van der Waals surface area (Å²) in [7, 11) is 0. The number of carbonyl (C=O) groups is 1. The SMILES string of the molecule is C=C(NNC(=O)CSc1nc2ccccc2[nH]1)c1ccccc1. The lowest BCUT2D eigenvalue weighted by Gasteiger charge is -2.10. The van der Waals surface area contributed by atoms with E-state index in [1.165, 1.54) is 11.8 Å². The predicted octanol–water partition coefficient (Wildman–Crippen LogP) is 2.95. The van der Waals surface area contributed by atoms with Crippen LogP contribution in [0.25, 0.3) is 16.7 Å². The molecule has 23 heavy (non-hydrogen) atoms. The molecule has 0 saturated carbocycles. The van der Waals surface area contributed by atoms with Gasteiger partial charge in [0.05, 0.1) is 22.5 Å². The molecule has 1 heterocycles. The van der Waals surface area contributed by atoms with E-state index in [2.05, 4.69) is 27.4 Å². The number of imidazole rings is 1. The second kappa shape index (κ2) is 7.02. The highest BCUT2D eigenvalue weighted by Crippen LogP contribution is 2.18. The topological polar surface area (TPSA) is 69.8 Å². The molecule has 0 bridgehead atoms. The standard InChI is InChI=1S/C17H16N4OS/c1-12(13-7-3-2-4-8-13)20-21-16(22)11-23-17-18-14-9-5-6-10-15(14)19-17/h2-10,20H,1,11H2,(H,18,19)(H,21,22). The van der Waals surface area contributed by atoms with Crippen molar-refractivity contribution < 1.29 is 4.79 Å². The molecule has 3 rings (SSSR count). The van der Waals surface area contributed by atoms with Crippen LogP contribution >= 0.6 is 11.8 Å². The van der Waals surface area contributed by atoms with Gasteiger partial charge in [-0.05, 0) is 17.7 Å². The smallest absolute Gasteiger partial charge is 0.248 e. The van der Waals surface area contributed by atoms with Crippen LogP contribution in [0.5, 0.6) is 0 Å². The number of aromatic nitrogens is 2. The number of hydrogen-bond acceptors (Lipinski definition) is 4. The fourth-order valence-electron chi connectivity index (χ4n) is 2.02. The van der Waals surface area contributed by atoms with E-state index in [0.717, 1.165) is 21.8 Å². The van der Waals surface area contributed by atoms with Gasteiger partial charge in [0.25, 0.3) is 0 Å². The van der Waals surface area contributed by atoms with Gasteiger partial charge in [0.2, 0.25) is 5.91 Å². The van der Waals surface area contributed by atoms with Crippen LogP contribution in [-0.4, -0.2) is 21.6 Å². The molecule has 3 N–H and O–H groups in total. The third-order valence-electron chi connectivity index (χ3n) is 3.18. The Bertz CT molecular complexity index is 796. The van der Waals surface area contributed by atoms with Crippen LogP contribution in [0, 0.1) is 0 Å². The molecular weight excluding hydrogens is 308 g/mol. The van der Waals surface area contributed by atoms with Gasteiger partial charge in [-0.25, -0.2) is 4.98 Å². The number of para-hydroxylation sites is 2. The van der Waals surface area contributed by atoms with Crippen molar-refractivity contribution >= 4 is 34.4 Å². The Morgan fingerprint density at radius 3 is 2.61 bits per heavy atom. The van der Waals surface area contributed by atoms with E-state index in [4.69, 9.17) is 0 Å². The van der Waals surface area contributed by atoms with Gasteiger partial charge in [0.1, 0.15) is 0 Å². The fourth-order valence-corrected chi connectivity index (χ4v) is 2.71. The monoisotopic (exact) mass is 324 g/mol. The number of H-pyrrole nitrogens is 1. The largest absolute Gasteiger partial charge is 0.333 e. The Kier molecular flexibility index (Phi) is 4.63.